The fourth-order valence-electron chi connectivity index (χ4n) is 2.40. The molecule has 0 aromatic heterocycles. The van der Waals surface area contributed by atoms with Gasteiger partial charge in [-0.1, -0.05) is 48.0 Å². The highest BCUT2D eigenvalue weighted by Crippen LogP contribution is 2.25. The first-order valence-electron chi connectivity index (χ1n) is 6.84. The summed E-state index contributed by atoms with van der Waals surface area (Å²) in [5.74, 6) is -0.402. The predicted molar refractivity (Wildman–Crippen MR) is 87.4 cm³/mol. The Morgan fingerprint density at radius 1 is 0.952 bits per heavy atom. The van der Waals surface area contributed by atoms with E-state index >= 15 is 0 Å². The van der Waals surface area contributed by atoms with E-state index < -0.39 is 5.82 Å². The van der Waals surface area contributed by atoms with Crippen LogP contribution in [0.25, 0.3) is 10.8 Å². The van der Waals surface area contributed by atoms with Crippen molar-refractivity contribution in [3.63, 3.8) is 0 Å². The maximum Gasteiger partial charge on any atom is 0.141 e. The van der Waals surface area contributed by atoms with Gasteiger partial charge in [0.25, 0.3) is 0 Å². The Bertz CT molecular complexity index is 785. The van der Waals surface area contributed by atoms with Gasteiger partial charge in [-0.15, -0.1) is 0 Å². The molecule has 1 atom stereocenters. The van der Waals surface area contributed by atoms with Crippen LogP contribution in [0, 0.1) is 5.82 Å². The molecule has 0 aliphatic heterocycles. The zero-order valence-electron chi connectivity index (χ0n) is 11.6. The van der Waals surface area contributed by atoms with Crippen molar-refractivity contribution in [3.8, 4) is 0 Å². The van der Waals surface area contributed by atoms with Gasteiger partial charge in [0.2, 0.25) is 0 Å². The highest BCUT2D eigenvalue weighted by atomic mass is 35.5. The van der Waals surface area contributed by atoms with Crippen molar-refractivity contribution < 1.29 is 4.39 Å². The molecule has 0 saturated carbocycles. The summed E-state index contributed by atoms with van der Waals surface area (Å²) in [7, 11) is 0. The Kier molecular flexibility index (Phi) is 3.80. The second-order valence-corrected chi connectivity index (χ2v) is 5.51. The molecule has 0 aliphatic rings. The molecule has 3 aromatic carbocycles. The Morgan fingerprint density at radius 2 is 1.71 bits per heavy atom. The zero-order chi connectivity index (χ0) is 14.8. The molecule has 0 radical (unpaired) electrons. The van der Waals surface area contributed by atoms with E-state index in [4.69, 9.17) is 11.6 Å². The average molecular weight is 300 g/mol. The summed E-state index contributed by atoms with van der Waals surface area (Å²) in [4.78, 5) is 0. The number of fused-ring (bicyclic) bond motifs is 1. The summed E-state index contributed by atoms with van der Waals surface area (Å²) in [5, 5.41) is 5.90. The minimum absolute atomic E-state index is 0.108. The fourth-order valence-corrected chi connectivity index (χ4v) is 2.58. The second-order valence-electron chi connectivity index (χ2n) is 5.10. The van der Waals surface area contributed by atoms with E-state index in [2.05, 4.69) is 42.6 Å². The van der Waals surface area contributed by atoms with Gasteiger partial charge in [0, 0.05) is 11.7 Å². The second kappa shape index (κ2) is 5.74. The van der Waals surface area contributed by atoms with Gasteiger partial charge in [-0.3, -0.25) is 0 Å². The lowest BCUT2D eigenvalue weighted by Crippen LogP contribution is -2.06. The molecule has 0 spiro atoms. The van der Waals surface area contributed by atoms with Gasteiger partial charge in [0.15, 0.2) is 0 Å². The minimum atomic E-state index is -0.402. The van der Waals surface area contributed by atoms with E-state index in [1.807, 2.05) is 12.1 Å². The monoisotopic (exact) mass is 299 g/mol. The Balaban J connectivity index is 1.85. The van der Waals surface area contributed by atoms with Crippen LogP contribution in [0.1, 0.15) is 18.5 Å². The first-order valence-corrected chi connectivity index (χ1v) is 7.21. The lowest BCUT2D eigenvalue weighted by molar-refractivity contribution is 0.628. The number of rotatable bonds is 3. The van der Waals surface area contributed by atoms with Crippen LogP contribution in [0.5, 0.6) is 0 Å². The zero-order valence-corrected chi connectivity index (χ0v) is 12.4. The van der Waals surface area contributed by atoms with Gasteiger partial charge in [-0.25, -0.2) is 4.39 Å². The largest absolute Gasteiger partial charge is 0.378 e. The molecule has 3 heteroatoms. The summed E-state index contributed by atoms with van der Waals surface area (Å²) in [5.41, 5.74) is 1.98. The molecule has 3 rings (SSSR count). The molecule has 3 aromatic rings. The molecule has 1 unspecified atom stereocenters. The Hall–Kier alpha value is -2.06. The number of anilines is 1. The van der Waals surface area contributed by atoms with Crippen LogP contribution in [-0.2, 0) is 0 Å². The van der Waals surface area contributed by atoms with Crippen molar-refractivity contribution in [2.75, 3.05) is 5.32 Å². The van der Waals surface area contributed by atoms with Crippen LogP contribution in [0.2, 0.25) is 5.02 Å². The summed E-state index contributed by atoms with van der Waals surface area (Å²) < 4.78 is 13.2. The molecule has 0 amide bonds. The van der Waals surface area contributed by atoms with Gasteiger partial charge >= 0.3 is 0 Å². The summed E-state index contributed by atoms with van der Waals surface area (Å²) >= 11 is 5.81. The summed E-state index contributed by atoms with van der Waals surface area (Å²) in [6.07, 6.45) is 0. The van der Waals surface area contributed by atoms with E-state index in [1.165, 1.54) is 22.4 Å². The van der Waals surface area contributed by atoms with Crippen molar-refractivity contribution >= 4 is 28.1 Å². The van der Waals surface area contributed by atoms with Gasteiger partial charge < -0.3 is 5.32 Å². The van der Waals surface area contributed by atoms with Crippen molar-refractivity contribution in [2.24, 2.45) is 0 Å². The minimum Gasteiger partial charge on any atom is -0.378 e. The highest BCUT2D eigenvalue weighted by molar-refractivity contribution is 6.31. The summed E-state index contributed by atoms with van der Waals surface area (Å²) in [6.45, 7) is 2.07. The third-order valence-electron chi connectivity index (χ3n) is 3.58. The van der Waals surface area contributed by atoms with Crippen molar-refractivity contribution in [1.82, 2.24) is 0 Å². The molecule has 106 valence electrons. The van der Waals surface area contributed by atoms with Crippen LogP contribution in [-0.4, -0.2) is 0 Å². The summed E-state index contributed by atoms with van der Waals surface area (Å²) in [6, 6.07) is 19.4. The van der Waals surface area contributed by atoms with Crippen LogP contribution >= 0.6 is 11.6 Å². The molecule has 0 fully saturated rings. The number of hydrogen-bond acceptors (Lipinski definition) is 1. The lowest BCUT2D eigenvalue weighted by atomic mass is 10.0. The van der Waals surface area contributed by atoms with Crippen LogP contribution in [0.3, 0.4) is 0 Å². The third-order valence-corrected chi connectivity index (χ3v) is 3.87. The first-order chi connectivity index (χ1) is 10.1. The maximum atomic E-state index is 13.2. The van der Waals surface area contributed by atoms with Gasteiger partial charge in [0.1, 0.15) is 5.82 Å². The van der Waals surface area contributed by atoms with Crippen molar-refractivity contribution in [1.29, 1.82) is 0 Å². The van der Waals surface area contributed by atoms with Crippen molar-refractivity contribution in [2.45, 2.75) is 13.0 Å². The molecular weight excluding hydrogens is 285 g/mol. The van der Waals surface area contributed by atoms with Crippen LogP contribution in [0.4, 0.5) is 10.1 Å². The van der Waals surface area contributed by atoms with E-state index in [9.17, 15) is 4.39 Å². The van der Waals surface area contributed by atoms with Crippen molar-refractivity contribution in [3.05, 3.63) is 77.1 Å². The van der Waals surface area contributed by atoms with E-state index in [0.717, 1.165) is 5.69 Å². The van der Waals surface area contributed by atoms with E-state index in [1.54, 1.807) is 12.1 Å². The molecule has 0 bridgehead atoms. The lowest BCUT2D eigenvalue weighted by Gasteiger charge is -2.16. The molecule has 0 heterocycles. The molecule has 21 heavy (non-hydrogen) atoms. The normalized spacial score (nSPS) is 12.3. The predicted octanol–water partition coefficient (Wildman–Crippen LogP) is 5.81. The third kappa shape index (κ3) is 3.01. The smallest absolute Gasteiger partial charge is 0.141 e. The highest BCUT2D eigenvalue weighted by Gasteiger charge is 2.07. The van der Waals surface area contributed by atoms with E-state index in [-0.39, 0.29) is 11.1 Å². The molecular formula is C18H15ClFN. The first kappa shape index (κ1) is 13.9. The Morgan fingerprint density at radius 3 is 2.48 bits per heavy atom. The van der Waals surface area contributed by atoms with Gasteiger partial charge in [-0.05, 0) is 47.5 Å². The number of hydrogen-bond donors (Lipinski definition) is 1. The number of halogens is 2. The quantitative estimate of drug-likeness (QED) is 0.644. The van der Waals surface area contributed by atoms with Crippen LogP contribution in [0.15, 0.2) is 60.7 Å². The maximum absolute atomic E-state index is 13.2. The SMILES string of the molecule is CC(Nc1ccc(F)c(Cl)c1)c1ccc2ccccc2c1. The average Bonchev–Trinajstić information content (AvgIpc) is 2.50. The number of nitrogens with one attached hydrogen (secondary N) is 1. The Labute approximate surface area is 128 Å². The fraction of sp³-hybridized carbons (Fsp3) is 0.111. The van der Waals surface area contributed by atoms with Gasteiger partial charge in [0.05, 0.1) is 5.02 Å². The molecule has 0 saturated heterocycles. The standard InChI is InChI=1S/C18H15ClFN/c1-12(21-16-8-9-18(20)17(19)11-16)14-7-6-13-4-2-3-5-15(13)10-14/h2-12,21H,1H3. The van der Waals surface area contributed by atoms with Crippen LogP contribution < -0.4 is 5.32 Å². The number of benzene rings is 3. The molecule has 0 aliphatic carbocycles. The van der Waals surface area contributed by atoms with E-state index in [0.29, 0.717) is 0 Å². The molecule has 1 nitrogen and oxygen atoms in total. The van der Waals surface area contributed by atoms with Gasteiger partial charge in [-0.2, -0.15) is 0 Å². The topological polar surface area (TPSA) is 12.0 Å². The molecule has 1 N–H and O–H groups in total.